The van der Waals surface area contributed by atoms with Gasteiger partial charge < -0.3 is 15.4 Å². The maximum absolute atomic E-state index is 12.9. The summed E-state index contributed by atoms with van der Waals surface area (Å²) >= 11 is 0. The average Bonchev–Trinajstić information content (AvgIpc) is 2.67. The Hall–Kier alpha value is -1.92. The number of piperidine rings is 1. The van der Waals surface area contributed by atoms with E-state index in [2.05, 4.69) is 17.0 Å². The molecule has 2 fully saturated rings. The van der Waals surface area contributed by atoms with E-state index in [4.69, 9.17) is 10.5 Å². The summed E-state index contributed by atoms with van der Waals surface area (Å²) in [4.78, 5) is 28.3. The highest BCUT2D eigenvalue weighted by molar-refractivity contribution is 5.83. The minimum absolute atomic E-state index is 0.00933. The number of carbonyl (C=O) groups is 2. The molecule has 3 atom stereocenters. The molecule has 136 valence electrons. The largest absolute Gasteiger partial charge is 0.371 e. The molecule has 2 amide bonds. The average molecular weight is 345 g/mol. The molecule has 1 aromatic carbocycles. The highest BCUT2D eigenvalue weighted by Gasteiger charge is 2.34. The van der Waals surface area contributed by atoms with Crippen LogP contribution in [0.5, 0.6) is 0 Å². The standard InChI is InChI=1S/C19H27N3O3/c1-14(19(24)22-9-5-8-16(12-22)18(20)23)21-10-11-25-17(13-21)15-6-3-2-4-7-15/h2-4,6-7,14,16-17H,5,8-13H2,1H3,(H2,20,23)/t14-,16-,17-/m1/s1. The molecule has 1 aromatic rings. The second-order valence-electron chi connectivity index (χ2n) is 6.97. The van der Waals surface area contributed by atoms with Crippen LogP contribution in [0.15, 0.2) is 30.3 Å². The van der Waals surface area contributed by atoms with Gasteiger partial charge in [0.25, 0.3) is 0 Å². The molecule has 2 N–H and O–H groups in total. The van der Waals surface area contributed by atoms with Gasteiger partial charge in [-0.25, -0.2) is 0 Å². The van der Waals surface area contributed by atoms with E-state index in [-0.39, 0.29) is 29.9 Å². The fourth-order valence-electron chi connectivity index (χ4n) is 3.72. The molecule has 0 unspecified atom stereocenters. The summed E-state index contributed by atoms with van der Waals surface area (Å²) in [5.41, 5.74) is 6.56. The molecule has 0 radical (unpaired) electrons. The Bertz CT molecular complexity index is 607. The van der Waals surface area contributed by atoms with Gasteiger partial charge in [0.05, 0.1) is 24.7 Å². The van der Waals surface area contributed by atoms with Gasteiger partial charge in [-0.3, -0.25) is 14.5 Å². The highest BCUT2D eigenvalue weighted by atomic mass is 16.5. The van der Waals surface area contributed by atoms with Crippen molar-refractivity contribution in [3.05, 3.63) is 35.9 Å². The molecule has 0 aromatic heterocycles. The number of benzene rings is 1. The lowest BCUT2D eigenvalue weighted by Gasteiger charge is -2.39. The summed E-state index contributed by atoms with van der Waals surface area (Å²) in [6.45, 7) is 5.16. The summed E-state index contributed by atoms with van der Waals surface area (Å²) in [6.07, 6.45) is 1.60. The molecular formula is C19H27N3O3. The molecule has 6 nitrogen and oxygen atoms in total. The van der Waals surface area contributed by atoms with E-state index >= 15 is 0 Å². The zero-order valence-corrected chi connectivity index (χ0v) is 14.8. The Labute approximate surface area is 148 Å². The Balaban J connectivity index is 1.62. The minimum Gasteiger partial charge on any atom is -0.371 e. The van der Waals surface area contributed by atoms with Crippen molar-refractivity contribution in [2.45, 2.75) is 31.9 Å². The molecule has 6 heteroatoms. The quantitative estimate of drug-likeness (QED) is 0.889. The van der Waals surface area contributed by atoms with Crippen LogP contribution < -0.4 is 5.73 Å². The predicted octanol–water partition coefficient (Wildman–Crippen LogP) is 1.17. The normalized spacial score (nSPS) is 26.2. The van der Waals surface area contributed by atoms with E-state index in [1.165, 1.54) is 0 Å². The molecule has 2 aliphatic rings. The van der Waals surface area contributed by atoms with Crippen molar-refractivity contribution >= 4 is 11.8 Å². The number of hydrogen-bond acceptors (Lipinski definition) is 4. The van der Waals surface area contributed by atoms with E-state index in [1.54, 1.807) is 4.90 Å². The van der Waals surface area contributed by atoms with Gasteiger partial charge in [-0.15, -0.1) is 0 Å². The number of morpholine rings is 1. The fourth-order valence-corrected chi connectivity index (χ4v) is 3.72. The molecule has 2 aliphatic heterocycles. The molecule has 2 saturated heterocycles. The highest BCUT2D eigenvalue weighted by Crippen LogP contribution is 2.24. The van der Waals surface area contributed by atoms with Crippen LogP contribution in [0.1, 0.15) is 31.4 Å². The van der Waals surface area contributed by atoms with Crippen molar-refractivity contribution in [3.8, 4) is 0 Å². The monoisotopic (exact) mass is 345 g/mol. The Kier molecular flexibility index (Phi) is 5.71. The van der Waals surface area contributed by atoms with E-state index in [1.807, 2.05) is 25.1 Å². The first kappa shape index (κ1) is 17.9. The Morgan fingerprint density at radius 2 is 1.96 bits per heavy atom. The molecule has 0 bridgehead atoms. The lowest BCUT2D eigenvalue weighted by atomic mass is 9.97. The van der Waals surface area contributed by atoms with E-state index in [0.29, 0.717) is 26.2 Å². The van der Waals surface area contributed by atoms with Crippen LogP contribution in [-0.4, -0.2) is 60.4 Å². The lowest BCUT2D eigenvalue weighted by Crippen LogP contribution is -2.54. The summed E-state index contributed by atoms with van der Waals surface area (Å²) in [5.74, 6) is -0.438. The van der Waals surface area contributed by atoms with Gasteiger partial charge in [-0.05, 0) is 25.3 Å². The molecule has 0 aliphatic carbocycles. The summed E-state index contributed by atoms with van der Waals surface area (Å²) in [6, 6.07) is 9.89. The molecule has 0 saturated carbocycles. The van der Waals surface area contributed by atoms with Crippen molar-refractivity contribution in [3.63, 3.8) is 0 Å². The molecule has 2 heterocycles. The molecule has 25 heavy (non-hydrogen) atoms. The van der Waals surface area contributed by atoms with Crippen LogP contribution >= 0.6 is 0 Å². The third-order valence-electron chi connectivity index (χ3n) is 5.31. The maximum Gasteiger partial charge on any atom is 0.239 e. The van der Waals surface area contributed by atoms with Crippen LogP contribution in [0.2, 0.25) is 0 Å². The van der Waals surface area contributed by atoms with Gasteiger partial charge >= 0.3 is 0 Å². The minimum atomic E-state index is -0.305. The summed E-state index contributed by atoms with van der Waals surface area (Å²) < 4.78 is 5.89. The van der Waals surface area contributed by atoms with Crippen LogP contribution in [0.4, 0.5) is 0 Å². The smallest absolute Gasteiger partial charge is 0.239 e. The van der Waals surface area contributed by atoms with Gasteiger partial charge in [0.2, 0.25) is 11.8 Å². The maximum atomic E-state index is 12.9. The number of rotatable bonds is 4. The van der Waals surface area contributed by atoms with E-state index in [0.717, 1.165) is 24.9 Å². The number of likely N-dealkylation sites (tertiary alicyclic amines) is 1. The Morgan fingerprint density at radius 1 is 1.20 bits per heavy atom. The van der Waals surface area contributed by atoms with Crippen molar-refractivity contribution in [2.24, 2.45) is 11.7 Å². The van der Waals surface area contributed by atoms with Crippen LogP contribution in [-0.2, 0) is 14.3 Å². The van der Waals surface area contributed by atoms with Gasteiger partial charge in [-0.1, -0.05) is 30.3 Å². The van der Waals surface area contributed by atoms with E-state index < -0.39 is 0 Å². The van der Waals surface area contributed by atoms with Gasteiger partial charge in [0.15, 0.2) is 0 Å². The van der Waals surface area contributed by atoms with Crippen LogP contribution in [0.25, 0.3) is 0 Å². The number of nitrogens with zero attached hydrogens (tertiary/aromatic N) is 2. The van der Waals surface area contributed by atoms with Gasteiger partial charge in [0.1, 0.15) is 0 Å². The van der Waals surface area contributed by atoms with Gasteiger partial charge in [0, 0.05) is 26.2 Å². The first-order valence-electron chi connectivity index (χ1n) is 9.05. The number of primary amides is 1. The lowest BCUT2D eigenvalue weighted by molar-refractivity contribution is -0.142. The first-order valence-corrected chi connectivity index (χ1v) is 9.05. The first-order chi connectivity index (χ1) is 12.1. The van der Waals surface area contributed by atoms with Crippen LogP contribution in [0, 0.1) is 5.92 Å². The Morgan fingerprint density at radius 3 is 2.68 bits per heavy atom. The number of carbonyl (C=O) groups excluding carboxylic acids is 2. The summed E-state index contributed by atoms with van der Waals surface area (Å²) in [7, 11) is 0. The third-order valence-corrected chi connectivity index (χ3v) is 5.31. The molecular weight excluding hydrogens is 318 g/mol. The SMILES string of the molecule is C[C@H](C(=O)N1CCC[C@@H](C(N)=O)C1)N1CCO[C@@H](c2ccccc2)C1. The predicted molar refractivity (Wildman–Crippen MR) is 94.7 cm³/mol. The molecule has 0 spiro atoms. The van der Waals surface area contributed by atoms with Crippen LogP contribution in [0.3, 0.4) is 0 Å². The third kappa shape index (κ3) is 4.19. The topological polar surface area (TPSA) is 75.9 Å². The second-order valence-corrected chi connectivity index (χ2v) is 6.97. The van der Waals surface area contributed by atoms with Crippen molar-refractivity contribution in [2.75, 3.05) is 32.8 Å². The number of amides is 2. The van der Waals surface area contributed by atoms with E-state index in [9.17, 15) is 9.59 Å². The van der Waals surface area contributed by atoms with Gasteiger partial charge in [-0.2, -0.15) is 0 Å². The number of ether oxygens (including phenoxy) is 1. The number of hydrogen-bond donors (Lipinski definition) is 1. The van der Waals surface area contributed by atoms with Crippen molar-refractivity contribution in [1.82, 2.24) is 9.80 Å². The zero-order chi connectivity index (χ0) is 17.8. The molecule has 3 rings (SSSR count). The van der Waals surface area contributed by atoms with Crippen molar-refractivity contribution < 1.29 is 14.3 Å². The van der Waals surface area contributed by atoms with Crippen molar-refractivity contribution in [1.29, 1.82) is 0 Å². The number of nitrogens with two attached hydrogens (primary N) is 1. The second kappa shape index (κ2) is 7.97. The zero-order valence-electron chi connectivity index (χ0n) is 14.8. The summed E-state index contributed by atoms with van der Waals surface area (Å²) in [5, 5.41) is 0. The fraction of sp³-hybridized carbons (Fsp3) is 0.579.